The normalized spacial score (nSPS) is 15.8. The molecule has 2 aromatic carbocycles. The quantitative estimate of drug-likeness (QED) is 0.307. The number of carbonyl (C=O) groups excluding carboxylic acids is 2. The van der Waals surface area contributed by atoms with Crippen LogP contribution in [0.2, 0.25) is 0 Å². The molecule has 0 bridgehead atoms. The van der Waals surface area contributed by atoms with Crippen molar-refractivity contribution in [2.45, 2.75) is 32.2 Å². The number of halogens is 3. The molecule has 0 amide bonds. The van der Waals surface area contributed by atoms with Gasteiger partial charge in [0.05, 0.1) is 21.3 Å². The Labute approximate surface area is 212 Å². The van der Waals surface area contributed by atoms with Gasteiger partial charge in [-0.05, 0) is 55.1 Å². The van der Waals surface area contributed by atoms with Crippen molar-refractivity contribution < 1.29 is 25.6 Å². The molecule has 33 heavy (non-hydrogen) atoms. The molecule has 5 nitrogen and oxygen atoms in total. The van der Waals surface area contributed by atoms with E-state index in [1.165, 1.54) is 24.3 Å². The highest BCUT2D eigenvalue weighted by atomic mass is 35.5. The number of hydrogen-bond donors (Lipinski definition) is 1. The molecule has 0 aliphatic rings. The van der Waals surface area contributed by atoms with Crippen LogP contribution in [0.1, 0.15) is 31.3 Å². The van der Waals surface area contributed by atoms with Crippen molar-refractivity contribution in [2.24, 2.45) is 11.7 Å². The molecule has 0 spiro atoms. The van der Waals surface area contributed by atoms with Gasteiger partial charge in [0.15, 0.2) is 5.78 Å². The van der Waals surface area contributed by atoms with Crippen molar-refractivity contribution in [3.8, 4) is 0 Å². The molecular formula is C25H31Cl2FN2O3. The average Bonchev–Trinajstić information content (AvgIpc) is 2.84. The number of carbonyl (C=O) groups is 2. The molecule has 0 aromatic heterocycles. The molecule has 180 valence electrons. The first-order valence-electron chi connectivity index (χ1n) is 13.0. The molecule has 0 saturated heterocycles. The first kappa shape index (κ1) is 20.2. The second-order valence-corrected chi connectivity index (χ2v) is 8.32. The Hall–Kier alpha value is -2.15. The maximum absolute atomic E-state index is 13.3. The minimum Gasteiger partial charge on any atom is -0.466 e. The standard InChI is InChI=1S/C25H31Cl2FN2O3/c1-2-33-25(32)20(15-18-3-7-21(28)8-4-18)17-24(31)23(29)16-19-5-9-22(10-6-19)30(13-11-26)14-12-27/h3-10,20,23H,2,11-17,29H2,1H3/t20-,23+/m1/s1/i1D3,2D2. The third kappa shape index (κ3) is 8.95. The Morgan fingerprint density at radius 2 is 1.64 bits per heavy atom. The molecule has 0 aliphatic heterocycles. The molecule has 0 saturated carbocycles. The van der Waals surface area contributed by atoms with Crippen LogP contribution in [0.5, 0.6) is 0 Å². The van der Waals surface area contributed by atoms with Crippen LogP contribution in [-0.2, 0) is 27.2 Å². The number of ether oxygens (including phenoxy) is 1. The maximum atomic E-state index is 13.3. The second kappa shape index (κ2) is 14.2. The monoisotopic (exact) mass is 501 g/mol. The average molecular weight is 502 g/mol. The summed E-state index contributed by atoms with van der Waals surface area (Å²) in [5.74, 6) is -2.53. The van der Waals surface area contributed by atoms with Crippen molar-refractivity contribution >= 4 is 40.6 Å². The van der Waals surface area contributed by atoms with E-state index >= 15 is 0 Å². The van der Waals surface area contributed by atoms with Crippen LogP contribution in [-0.4, -0.2) is 49.2 Å². The number of nitrogens with zero attached hydrogens (tertiary/aromatic N) is 1. The lowest BCUT2D eigenvalue weighted by Crippen LogP contribution is -2.36. The van der Waals surface area contributed by atoms with Crippen molar-refractivity contribution in [3.63, 3.8) is 0 Å². The van der Waals surface area contributed by atoms with Crippen molar-refractivity contribution in [3.05, 3.63) is 65.5 Å². The van der Waals surface area contributed by atoms with Crippen LogP contribution < -0.4 is 10.6 Å². The summed E-state index contributed by atoms with van der Waals surface area (Å²) in [5, 5.41) is 0. The van der Waals surface area contributed by atoms with Crippen LogP contribution in [0.4, 0.5) is 10.1 Å². The fourth-order valence-corrected chi connectivity index (χ4v) is 3.86. The van der Waals surface area contributed by atoms with E-state index in [1.54, 1.807) is 0 Å². The molecule has 2 aromatic rings. The molecule has 0 aliphatic carbocycles. The minimum absolute atomic E-state index is 0.0969. The number of esters is 1. The summed E-state index contributed by atoms with van der Waals surface area (Å²) in [6, 6.07) is 11.6. The number of benzene rings is 2. The zero-order valence-corrected chi connectivity index (χ0v) is 19.6. The lowest BCUT2D eigenvalue weighted by Gasteiger charge is -2.23. The molecule has 0 fully saturated rings. The molecule has 0 unspecified atom stereocenters. The van der Waals surface area contributed by atoms with Gasteiger partial charge < -0.3 is 15.4 Å². The number of rotatable bonds is 14. The van der Waals surface area contributed by atoms with Crippen LogP contribution in [0.15, 0.2) is 48.5 Å². The SMILES string of the molecule is [2H]C([2H])([2H])C([2H])([2H])OC(=O)[C@@H](CC(=O)[C@@H](N)Cc1ccc(N(CCCl)CCCl)cc1)Cc1ccc(F)cc1. The highest BCUT2D eigenvalue weighted by Gasteiger charge is 2.26. The highest BCUT2D eigenvalue weighted by molar-refractivity contribution is 6.18. The van der Waals surface area contributed by atoms with Crippen LogP contribution in [0.3, 0.4) is 0 Å². The molecule has 0 heterocycles. The predicted octanol–water partition coefficient (Wildman–Crippen LogP) is 4.36. The Bertz CT molecular complexity index is 1050. The predicted molar refractivity (Wildman–Crippen MR) is 132 cm³/mol. The number of ketones is 1. The summed E-state index contributed by atoms with van der Waals surface area (Å²) in [4.78, 5) is 27.8. The van der Waals surface area contributed by atoms with Crippen molar-refractivity contribution in [1.82, 2.24) is 0 Å². The van der Waals surface area contributed by atoms with E-state index in [2.05, 4.69) is 4.74 Å². The van der Waals surface area contributed by atoms with Gasteiger partial charge in [0, 0.05) is 41.1 Å². The molecule has 2 rings (SSSR count). The Morgan fingerprint density at radius 3 is 2.21 bits per heavy atom. The zero-order chi connectivity index (χ0) is 28.5. The van der Waals surface area contributed by atoms with E-state index in [0.717, 1.165) is 11.3 Å². The topological polar surface area (TPSA) is 72.6 Å². The lowest BCUT2D eigenvalue weighted by molar-refractivity contribution is -0.149. The summed E-state index contributed by atoms with van der Waals surface area (Å²) in [6.07, 6.45) is -0.329. The number of anilines is 1. The first-order chi connectivity index (χ1) is 17.8. The van der Waals surface area contributed by atoms with E-state index in [1.807, 2.05) is 29.2 Å². The summed E-state index contributed by atoms with van der Waals surface area (Å²) in [6.45, 7) is -5.23. The molecule has 8 heteroatoms. The first-order valence-corrected chi connectivity index (χ1v) is 11.6. The van der Waals surface area contributed by atoms with Gasteiger partial charge in [0.1, 0.15) is 5.82 Å². The second-order valence-electron chi connectivity index (χ2n) is 7.56. The summed E-state index contributed by atoms with van der Waals surface area (Å²) < 4.78 is 55.0. The molecule has 2 N–H and O–H groups in total. The zero-order valence-electron chi connectivity index (χ0n) is 23.1. The molecule has 0 radical (unpaired) electrons. The number of alkyl halides is 2. The summed E-state index contributed by atoms with van der Waals surface area (Å²) in [7, 11) is 0. The van der Waals surface area contributed by atoms with Gasteiger partial charge >= 0.3 is 5.97 Å². The maximum Gasteiger partial charge on any atom is 0.309 e. The van der Waals surface area contributed by atoms with Crippen LogP contribution in [0.25, 0.3) is 0 Å². The van der Waals surface area contributed by atoms with Gasteiger partial charge in [-0.25, -0.2) is 4.39 Å². The van der Waals surface area contributed by atoms with Gasteiger partial charge in [0.2, 0.25) is 0 Å². The van der Waals surface area contributed by atoms with Gasteiger partial charge in [-0.1, -0.05) is 24.3 Å². The number of hydrogen-bond acceptors (Lipinski definition) is 5. The number of Topliss-reactive ketones (excluding diaryl/α,β-unsaturated/α-hetero) is 1. The van der Waals surface area contributed by atoms with E-state index in [9.17, 15) is 14.0 Å². The third-order valence-electron chi connectivity index (χ3n) is 5.21. The van der Waals surface area contributed by atoms with Gasteiger partial charge in [0.25, 0.3) is 0 Å². The van der Waals surface area contributed by atoms with Crippen molar-refractivity contribution in [2.75, 3.05) is 36.3 Å². The van der Waals surface area contributed by atoms with Crippen molar-refractivity contribution in [1.29, 1.82) is 0 Å². The largest absolute Gasteiger partial charge is 0.466 e. The van der Waals surface area contributed by atoms with Crippen LogP contribution in [0, 0.1) is 11.7 Å². The van der Waals surface area contributed by atoms with E-state index in [-0.39, 0.29) is 12.8 Å². The summed E-state index contributed by atoms with van der Waals surface area (Å²) >= 11 is 11.7. The molecular weight excluding hydrogens is 466 g/mol. The minimum atomic E-state index is -3.25. The van der Waals surface area contributed by atoms with E-state index in [4.69, 9.17) is 35.8 Å². The fraction of sp³-hybridized carbons (Fsp3) is 0.440. The van der Waals surface area contributed by atoms with E-state index in [0.29, 0.717) is 30.4 Å². The third-order valence-corrected chi connectivity index (χ3v) is 5.55. The van der Waals surface area contributed by atoms with Gasteiger partial charge in [-0.3, -0.25) is 9.59 Å². The van der Waals surface area contributed by atoms with E-state index < -0.39 is 49.4 Å². The Kier molecular flexibility index (Phi) is 8.70. The van der Waals surface area contributed by atoms with Gasteiger partial charge in [-0.2, -0.15) is 0 Å². The molecule has 2 atom stereocenters. The van der Waals surface area contributed by atoms with Crippen LogP contribution >= 0.6 is 23.2 Å². The Balaban J connectivity index is 2.14. The Morgan fingerprint density at radius 1 is 1.06 bits per heavy atom. The number of nitrogens with two attached hydrogens (primary N) is 1. The lowest BCUT2D eigenvalue weighted by atomic mass is 9.90. The highest BCUT2D eigenvalue weighted by Crippen LogP contribution is 2.19. The summed E-state index contributed by atoms with van der Waals surface area (Å²) in [5.41, 5.74) is 8.32. The van der Waals surface area contributed by atoms with Gasteiger partial charge in [-0.15, -0.1) is 23.2 Å². The smallest absolute Gasteiger partial charge is 0.309 e. The fourth-order valence-electron chi connectivity index (χ4n) is 3.46.